The first-order valence-electron chi connectivity index (χ1n) is 8.02. The summed E-state index contributed by atoms with van der Waals surface area (Å²) in [6.45, 7) is -0.483. The molecule has 3 N–H and O–H groups in total. The number of hydrogen-bond acceptors (Lipinski definition) is 3. The minimum atomic E-state index is -0.483. The summed E-state index contributed by atoms with van der Waals surface area (Å²) in [5, 5.41) is 15.1. The van der Waals surface area contributed by atoms with Crippen LogP contribution in [0.5, 0.6) is 0 Å². The Bertz CT molecular complexity index is 499. The zero-order valence-corrected chi connectivity index (χ0v) is 12.3. The van der Waals surface area contributed by atoms with E-state index in [1.165, 1.54) is 38.5 Å². The Morgan fingerprint density at radius 3 is 2.71 bits per heavy atom. The van der Waals surface area contributed by atoms with Gasteiger partial charge in [-0.05, 0) is 55.7 Å². The van der Waals surface area contributed by atoms with Crippen molar-refractivity contribution >= 4 is 17.3 Å². The summed E-state index contributed by atoms with van der Waals surface area (Å²) < 4.78 is 0. The van der Waals surface area contributed by atoms with E-state index in [9.17, 15) is 4.79 Å². The van der Waals surface area contributed by atoms with Crippen molar-refractivity contribution in [1.82, 2.24) is 0 Å². The van der Waals surface area contributed by atoms with Gasteiger partial charge in [-0.1, -0.05) is 18.9 Å². The summed E-state index contributed by atoms with van der Waals surface area (Å²) in [6, 6.07) is 8.29. The lowest BCUT2D eigenvalue weighted by molar-refractivity contribution is -0.118. The van der Waals surface area contributed by atoms with Crippen molar-refractivity contribution in [1.29, 1.82) is 0 Å². The van der Waals surface area contributed by atoms with Crippen molar-refractivity contribution in [2.75, 3.05) is 17.2 Å². The van der Waals surface area contributed by atoms with Crippen molar-refractivity contribution in [2.45, 2.75) is 44.6 Å². The molecule has 0 heterocycles. The normalized spacial score (nSPS) is 25.4. The number of anilines is 2. The van der Waals surface area contributed by atoms with E-state index in [1.54, 1.807) is 0 Å². The third-order valence-corrected chi connectivity index (χ3v) is 4.66. The Balaban J connectivity index is 1.58. The smallest absolute Gasteiger partial charge is 0.250 e. The zero-order valence-electron chi connectivity index (χ0n) is 12.3. The number of carbonyl (C=O) groups is 1. The Morgan fingerprint density at radius 2 is 1.95 bits per heavy atom. The second-order valence-electron chi connectivity index (χ2n) is 6.39. The van der Waals surface area contributed by atoms with Crippen molar-refractivity contribution in [2.24, 2.45) is 11.8 Å². The second kappa shape index (κ2) is 6.48. The highest BCUT2D eigenvalue weighted by atomic mass is 16.3. The highest BCUT2D eigenvalue weighted by molar-refractivity contribution is 5.91. The molecule has 0 aliphatic heterocycles. The third kappa shape index (κ3) is 3.97. The van der Waals surface area contributed by atoms with E-state index >= 15 is 0 Å². The standard InChI is InChI=1S/C17H24N2O2/c20-11-17(21)19-16-6-2-5-15(10-16)18-14-4-1-3-13(9-14)12-7-8-12/h2,5-6,10,12-14,18,20H,1,3-4,7-9,11H2,(H,19,21). The number of benzene rings is 1. The maximum atomic E-state index is 11.2. The molecule has 114 valence electrons. The van der Waals surface area contributed by atoms with E-state index < -0.39 is 6.61 Å². The van der Waals surface area contributed by atoms with Crippen molar-refractivity contribution in [3.05, 3.63) is 24.3 Å². The van der Waals surface area contributed by atoms with Crippen LogP contribution in [0.25, 0.3) is 0 Å². The minimum absolute atomic E-state index is 0.376. The molecule has 4 nitrogen and oxygen atoms in total. The van der Waals surface area contributed by atoms with Gasteiger partial charge in [-0.25, -0.2) is 0 Å². The van der Waals surface area contributed by atoms with E-state index in [0.29, 0.717) is 6.04 Å². The van der Waals surface area contributed by atoms with Crippen LogP contribution < -0.4 is 10.6 Å². The van der Waals surface area contributed by atoms with Crippen LogP contribution in [0.4, 0.5) is 11.4 Å². The molecule has 1 amide bonds. The first-order chi connectivity index (χ1) is 10.2. The monoisotopic (exact) mass is 288 g/mol. The molecule has 3 rings (SSSR count). The first kappa shape index (κ1) is 14.4. The zero-order chi connectivity index (χ0) is 14.7. The fraction of sp³-hybridized carbons (Fsp3) is 0.588. The van der Waals surface area contributed by atoms with Gasteiger partial charge in [-0.15, -0.1) is 0 Å². The van der Waals surface area contributed by atoms with Crippen LogP contribution in [-0.2, 0) is 4.79 Å². The molecule has 0 bridgehead atoms. The molecular formula is C17H24N2O2. The number of nitrogens with one attached hydrogen (secondary N) is 2. The van der Waals surface area contributed by atoms with Crippen LogP contribution in [-0.4, -0.2) is 23.7 Å². The average Bonchev–Trinajstić information content (AvgIpc) is 3.32. The van der Waals surface area contributed by atoms with E-state index in [2.05, 4.69) is 10.6 Å². The number of aliphatic hydroxyl groups excluding tert-OH is 1. The molecule has 0 radical (unpaired) electrons. The van der Waals surface area contributed by atoms with E-state index in [0.717, 1.165) is 23.2 Å². The van der Waals surface area contributed by atoms with Gasteiger partial charge in [-0.2, -0.15) is 0 Å². The van der Waals surface area contributed by atoms with Crippen molar-refractivity contribution in [3.63, 3.8) is 0 Å². The summed E-state index contributed by atoms with van der Waals surface area (Å²) in [5.74, 6) is 1.52. The molecule has 2 unspecified atom stereocenters. The third-order valence-electron chi connectivity index (χ3n) is 4.66. The van der Waals surface area contributed by atoms with Crippen LogP contribution in [0.2, 0.25) is 0 Å². The molecule has 21 heavy (non-hydrogen) atoms. The lowest BCUT2D eigenvalue weighted by atomic mass is 9.82. The molecule has 2 aliphatic rings. The highest BCUT2D eigenvalue weighted by Gasteiger charge is 2.34. The Morgan fingerprint density at radius 1 is 1.14 bits per heavy atom. The largest absolute Gasteiger partial charge is 0.387 e. The van der Waals surface area contributed by atoms with E-state index in [4.69, 9.17) is 5.11 Å². The van der Waals surface area contributed by atoms with E-state index in [-0.39, 0.29) is 5.91 Å². The van der Waals surface area contributed by atoms with Crippen LogP contribution >= 0.6 is 0 Å². The predicted molar refractivity (Wildman–Crippen MR) is 84.3 cm³/mol. The summed E-state index contributed by atoms with van der Waals surface area (Å²) in [7, 11) is 0. The fourth-order valence-corrected chi connectivity index (χ4v) is 3.48. The molecule has 1 aromatic rings. The topological polar surface area (TPSA) is 61.4 Å². The number of amides is 1. The fourth-order valence-electron chi connectivity index (χ4n) is 3.48. The van der Waals surface area contributed by atoms with Gasteiger partial charge < -0.3 is 15.7 Å². The van der Waals surface area contributed by atoms with Gasteiger partial charge in [-0.3, -0.25) is 4.79 Å². The Labute approximate surface area is 125 Å². The highest BCUT2D eigenvalue weighted by Crippen LogP contribution is 2.44. The van der Waals surface area contributed by atoms with E-state index in [1.807, 2.05) is 24.3 Å². The minimum Gasteiger partial charge on any atom is -0.387 e. The van der Waals surface area contributed by atoms with Crippen LogP contribution in [0, 0.1) is 11.8 Å². The molecule has 0 saturated heterocycles. The Kier molecular flexibility index (Phi) is 4.44. The lowest BCUT2D eigenvalue weighted by Crippen LogP contribution is -2.28. The SMILES string of the molecule is O=C(CO)Nc1cccc(NC2CCCC(C3CC3)C2)c1. The summed E-state index contributed by atoms with van der Waals surface area (Å²) in [5.41, 5.74) is 1.78. The van der Waals surface area contributed by atoms with Gasteiger partial charge in [0.2, 0.25) is 5.91 Å². The Hall–Kier alpha value is -1.55. The lowest BCUT2D eigenvalue weighted by Gasteiger charge is -2.30. The molecule has 4 heteroatoms. The van der Waals surface area contributed by atoms with Crippen molar-refractivity contribution in [3.8, 4) is 0 Å². The molecule has 1 aromatic carbocycles. The van der Waals surface area contributed by atoms with Gasteiger partial charge >= 0.3 is 0 Å². The molecule has 2 fully saturated rings. The van der Waals surface area contributed by atoms with Crippen molar-refractivity contribution < 1.29 is 9.90 Å². The number of aliphatic hydroxyl groups is 1. The molecule has 2 aliphatic carbocycles. The van der Waals surface area contributed by atoms with Gasteiger partial charge in [0.1, 0.15) is 6.61 Å². The van der Waals surface area contributed by atoms with Gasteiger partial charge in [0.25, 0.3) is 0 Å². The van der Waals surface area contributed by atoms with Crippen LogP contribution in [0.1, 0.15) is 38.5 Å². The first-order valence-corrected chi connectivity index (χ1v) is 8.02. The number of carbonyl (C=O) groups excluding carboxylic acids is 1. The van der Waals surface area contributed by atoms with Crippen LogP contribution in [0.3, 0.4) is 0 Å². The molecule has 2 atom stereocenters. The molecular weight excluding hydrogens is 264 g/mol. The quantitative estimate of drug-likeness (QED) is 0.780. The summed E-state index contributed by atoms with van der Waals surface area (Å²) in [6.07, 6.45) is 8.09. The summed E-state index contributed by atoms with van der Waals surface area (Å²) >= 11 is 0. The predicted octanol–water partition coefficient (Wildman–Crippen LogP) is 3.00. The maximum Gasteiger partial charge on any atom is 0.250 e. The molecule has 0 aromatic heterocycles. The number of hydrogen-bond donors (Lipinski definition) is 3. The van der Waals surface area contributed by atoms with Gasteiger partial charge in [0.15, 0.2) is 0 Å². The van der Waals surface area contributed by atoms with Gasteiger partial charge in [0, 0.05) is 17.4 Å². The molecule has 2 saturated carbocycles. The number of rotatable bonds is 5. The second-order valence-corrected chi connectivity index (χ2v) is 6.39. The van der Waals surface area contributed by atoms with Crippen LogP contribution in [0.15, 0.2) is 24.3 Å². The molecule has 0 spiro atoms. The van der Waals surface area contributed by atoms with Gasteiger partial charge in [0.05, 0.1) is 0 Å². The average molecular weight is 288 g/mol. The maximum absolute atomic E-state index is 11.2. The summed E-state index contributed by atoms with van der Waals surface area (Å²) in [4.78, 5) is 11.2.